The van der Waals surface area contributed by atoms with Crippen LogP contribution in [0.4, 0.5) is 5.69 Å². The van der Waals surface area contributed by atoms with Crippen LogP contribution < -0.4 is 4.90 Å². The summed E-state index contributed by atoms with van der Waals surface area (Å²) in [7, 11) is 0. The molecule has 0 saturated carbocycles. The van der Waals surface area contributed by atoms with Gasteiger partial charge in [-0.15, -0.1) is 0 Å². The van der Waals surface area contributed by atoms with Gasteiger partial charge in [0.2, 0.25) is 0 Å². The maximum absolute atomic E-state index is 11.8. The van der Waals surface area contributed by atoms with E-state index in [2.05, 4.69) is 30.0 Å². The van der Waals surface area contributed by atoms with Crippen LogP contribution in [-0.2, 0) is 9.53 Å². The molecule has 0 saturated heterocycles. The van der Waals surface area contributed by atoms with Crippen LogP contribution in [0.25, 0.3) is 0 Å². The lowest BCUT2D eigenvalue weighted by molar-refractivity contribution is -0.135. The Morgan fingerprint density at radius 2 is 2.16 bits per heavy atom. The number of benzene rings is 1. The minimum absolute atomic E-state index is 0.171. The molecule has 2 aliphatic heterocycles. The van der Waals surface area contributed by atoms with Gasteiger partial charge in [0.15, 0.2) is 0 Å². The van der Waals surface area contributed by atoms with Crippen molar-refractivity contribution in [1.82, 2.24) is 0 Å². The van der Waals surface area contributed by atoms with Gasteiger partial charge in [0, 0.05) is 11.4 Å². The number of fused-ring (bicyclic) bond motifs is 1. The quantitative estimate of drug-likeness (QED) is 0.621. The zero-order valence-corrected chi connectivity index (χ0v) is 11.8. The van der Waals surface area contributed by atoms with Crippen molar-refractivity contribution in [2.45, 2.75) is 31.1 Å². The fourth-order valence-corrected chi connectivity index (χ4v) is 3.56. The number of rotatable bonds is 4. The van der Waals surface area contributed by atoms with E-state index in [1.165, 1.54) is 18.5 Å². The Kier molecular flexibility index (Phi) is 3.51. The largest absolute Gasteiger partial charge is 0.455 e. The van der Waals surface area contributed by atoms with Crippen LogP contribution in [0.15, 0.2) is 39.8 Å². The third-order valence-electron chi connectivity index (χ3n) is 3.47. The predicted octanol–water partition coefficient (Wildman–Crippen LogP) is 3.56. The molecule has 19 heavy (non-hydrogen) atoms. The van der Waals surface area contributed by atoms with Crippen LogP contribution in [0.1, 0.15) is 26.2 Å². The van der Waals surface area contributed by atoms with Gasteiger partial charge in [-0.2, -0.15) is 0 Å². The summed E-state index contributed by atoms with van der Waals surface area (Å²) < 4.78 is 5.19. The van der Waals surface area contributed by atoms with E-state index in [-0.39, 0.29) is 5.97 Å². The second-order valence-electron chi connectivity index (χ2n) is 4.78. The van der Waals surface area contributed by atoms with Crippen LogP contribution in [0, 0.1) is 0 Å². The first kappa shape index (κ1) is 12.6. The third-order valence-corrected chi connectivity index (χ3v) is 4.64. The molecular formula is C15H17NO2S. The SMILES string of the molecule is CCCCCN1C2=C(Sc3ccccc31)C(=O)OC2. The van der Waals surface area contributed by atoms with E-state index < -0.39 is 0 Å². The normalized spacial score (nSPS) is 17.3. The van der Waals surface area contributed by atoms with Gasteiger partial charge in [-0.3, -0.25) is 0 Å². The van der Waals surface area contributed by atoms with E-state index in [1.807, 2.05) is 6.07 Å². The number of anilines is 1. The van der Waals surface area contributed by atoms with E-state index in [4.69, 9.17) is 4.74 Å². The van der Waals surface area contributed by atoms with Gasteiger partial charge in [0.05, 0.1) is 11.4 Å². The summed E-state index contributed by atoms with van der Waals surface area (Å²) in [4.78, 5) is 16.0. The van der Waals surface area contributed by atoms with Crippen molar-refractivity contribution in [3.05, 3.63) is 34.9 Å². The van der Waals surface area contributed by atoms with Crippen molar-refractivity contribution in [3.63, 3.8) is 0 Å². The number of hydrogen-bond acceptors (Lipinski definition) is 4. The molecule has 0 radical (unpaired) electrons. The number of carbonyl (C=O) groups is 1. The summed E-state index contributed by atoms with van der Waals surface area (Å²) in [5.74, 6) is -0.171. The first-order valence-electron chi connectivity index (χ1n) is 6.76. The van der Waals surface area contributed by atoms with Gasteiger partial charge < -0.3 is 9.64 Å². The lowest BCUT2D eigenvalue weighted by Crippen LogP contribution is -2.27. The fourth-order valence-electron chi connectivity index (χ4n) is 2.48. The molecule has 2 aliphatic rings. The molecule has 3 rings (SSSR count). The summed E-state index contributed by atoms with van der Waals surface area (Å²) in [6, 6.07) is 8.26. The van der Waals surface area contributed by atoms with Crippen LogP contribution in [-0.4, -0.2) is 19.1 Å². The van der Waals surface area contributed by atoms with Gasteiger partial charge in [-0.25, -0.2) is 4.79 Å². The number of unbranched alkanes of at least 4 members (excludes halogenated alkanes) is 2. The number of esters is 1. The average molecular weight is 275 g/mol. The number of nitrogens with zero attached hydrogens (tertiary/aromatic N) is 1. The molecule has 0 aromatic heterocycles. The molecule has 0 atom stereocenters. The van der Waals surface area contributed by atoms with Crippen molar-refractivity contribution in [3.8, 4) is 0 Å². The highest BCUT2D eigenvalue weighted by atomic mass is 32.2. The van der Waals surface area contributed by atoms with Crippen LogP contribution >= 0.6 is 11.8 Å². The fraction of sp³-hybridized carbons (Fsp3) is 0.400. The maximum Gasteiger partial charge on any atom is 0.347 e. The minimum atomic E-state index is -0.171. The van der Waals surface area contributed by atoms with Gasteiger partial charge in [0.25, 0.3) is 0 Å². The molecule has 0 bridgehead atoms. The van der Waals surface area contributed by atoms with Crippen LogP contribution in [0.3, 0.4) is 0 Å². The smallest absolute Gasteiger partial charge is 0.347 e. The average Bonchev–Trinajstić information content (AvgIpc) is 2.80. The molecule has 0 aliphatic carbocycles. The standard InChI is InChI=1S/C15H17NO2S/c1-2-3-6-9-16-11-7-4-5-8-13(11)19-14-12(16)10-18-15(14)17/h4-5,7-8H,2-3,6,9-10H2,1H3. The van der Waals surface area contributed by atoms with Crippen molar-refractivity contribution in [2.24, 2.45) is 0 Å². The topological polar surface area (TPSA) is 29.5 Å². The maximum atomic E-state index is 11.8. The van der Waals surface area contributed by atoms with E-state index in [0.717, 1.165) is 28.5 Å². The Morgan fingerprint density at radius 3 is 3.00 bits per heavy atom. The highest BCUT2D eigenvalue weighted by molar-refractivity contribution is 8.04. The molecule has 3 nitrogen and oxygen atoms in total. The Bertz CT molecular complexity index is 539. The van der Waals surface area contributed by atoms with Crippen LogP contribution in [0.5, 0.6) is 0 Å². The lowest BCUT2D eigenvalue weighted by Gasteiger charge is -2.30. The number of para-hydroxylation sites is 1. The first-order valence-corrected chi connectivity index (χ1v) is 7.57. The zero-order valence-electron chi connectivity index (χ0n) is 11.0. The number of cyclic esters (lactones) is 1. The molecule has 100 valence electrons. The molecule has 1 aromatic rings. The van der Waals surface area contributed by atoms with E-state index in [9.17, 15) is 4.79 Å². The molecule has 0 spiro atoms. The molecule has 0 fully saturated rings. The van der Waals surface area contributed by atoms with Crippen molar-refractivity contribution in [2.75, 3.05) is 18.1 Å². The summed E-state index contributed by atoms with van der Waals surface area (Å²) in [5, 5.41) is 0. The number of ether oxygens (including phenoxy) is 1. The molecule has 2 heterocycles. The number of carbonyl (C=O) groups excluding carboxylic acids is 1. The van der Waals surface area contributed by atoms with Crippen LogP contribution in [0.2, 0.25) is 0 Å². The van der Waals surface area contributed by atoms with Crippen molar-refractivity contribution in [1.29, 1.82) is 0 Å². The molecule has 0 amide bonds. The van der Waals surface area contributed by atoms with E-state index in [1.54, 1.807) is 11.8 Å². The summed E-state index contributed by atoms with van der Waals surface area (Å²) in [6.45, 7) is 3.58. The molecule has 0 unspecified atom stereocenters. The zero-order chi connectivity index (χ0) is 13.2. The molecule has 0 N–H and O–H groups in total. The lowest BCUT2D eigenvalue weighted by atomic mass is 10.2. The van der Waals surface area contributed by atoms with E-state index >= 15 is 0 Å². The van der Waals surface area contributed by atoms with Gasteiger partial charge in [-0.1, -0.05) is 43.7 Å². The summed E-state index contributed by atoms with van der Waals surface area (Å²) >= 11 is 1.54. The molecule has 4 heteroatoms. The Hall–Kier alpha value is -1.42. The Balaban J connectivity index is 1.93. The molecule has 1 aromatic carbocycles. The monoisotopic (exact) mass is 275 g/mol. The highest BCUT2D eigenvalue weighted by Crippen LogP contribution is 2.45. The van der Waals surface area contributed by atoms with E-state index in [0.29, 0.717) is 6.61 Å². The van der Waals surface area contributed by atoms with Gasteiger partial charge in [0.1, 0.15) is 11.5 Å². The number of hydrogen-bond donors (Lipinski definition) is 0. The highest BCUT2D eigenvalue weighted by Gasteiger charge is 2.34. The van der Waals surface area contributed by atoms with Gasteiger partial charge >= 0.3 is 5.97 Å². The number of thioether (sulfide) groups is 1. The minimum Gasteiger partial charge on any atom is -0.455 e. The summed E-state index contributed by atoms with van der Waals surface area (Å²) in [5.41, 5.74) is 2.26. The summed E-state index contributed by atoms with van der Waals surface area (Å²) in [6.07, 6.45) is 3.55. The molecular weight excluding hydrogens is 258 g/mol. The first-order chi connectivity index (χ1) is 9.31. The predicted molar refractivity (Wildman–Crippen MR) is 77.2 cm³/mol. The third kappa shape index (κ3) is 2.25. The van der Waals surface area contributed by atoms with Crippen molar-refractivity contribution < 1.29 is 9.53 Å². The van der Waals surface area contributed by atoms with Crippen molar-refractivity contribution >= 4 is 23.4 Å². The second kappa shape index (κ2) is 5.29. The Morgan fingerprint density at radius 1 is 1.32 bits per heavy atom. The second-order valence-corrected chi connectivity index (χ2v) is 5.83. The Labute approximate surface area is 117 Å². The van der Waals surface area contributed by atoms with Gasteiger partial charge in [-0.05, 0) is 18.6 Å².